The summed E-state index contributed by atoms with van der Waals surface area (Å²) in [5, 5.41) is 6.62. The Morgan fingerprint density at radius 1 is 1.29 bits per heavy atom. The summed E-state index contributed by atoms with van der Waals surface area (Å²) in [5.41, 5.74) is 1.26. The van der Waals surface area contributed by atoms with E-state index in [1.54, 1.807) is 7.11 Å². The van der Waals surface area contributed by atoms with Crippen molar-refractivity contribution in [2.24, 2.45) is 10.9 Å². The van der Waals surface area contributed by atoms with Gasteiger partial charge in [-0.05, 0) is 37.0 Å². The maximum absolute atomic E-state index is 5.23. The number of methoxy groups -OCH3 is 1. The molecule has 0 saturated heterocycles. The number of benzene rings is 1. The molecule has 21 heavy (non-hydrogen) atoms. The van der Waals surface area contributed by atoms with Gasteiger partial charge in [0.05, 0.1) is 7.11 Å². The van der Waals surface area contributed by atoms with Gasteiger partial charge in [0.2, 0.25) is 0 Å². The lowest BCUT2D eigenvalue weighted by Crippen LogP contribution is -2.38. The standard InChI is InChI=1S/C16H27N3O.HI/c1-5-17-16(19-12-13(2)3)18-10-9-14-7-6-8-15(11-14)20-4;/h6-8,11,13H,5,9-10,12H2,1-4H3,(H2,17,18,19);1H. The molecule has 0 unspecified atom stereocenters. The van der Waals surface area contributed by atoms with Crippen molar-refractivity contribution in [3.05, 3.63) is 29.8 Å². The predicted octanol–water partition coefficient (Wildman–Crippen LogP) is 3.07. The van der Waals surface area contributed by atoms with Gasteiger partial charge in [0.15, 0.2) is 5.96 Å². The van der Waals surface area contributed by atoms with E-state index >= 15 is 0 Å². The number of aliphatic imine (C=N–C) groups is 1. The van der Waals surface area contributed by atoms with Crippen LogP contribution in [0.4, 0.5) is 0 Å². The van der Waals surface area contributed by atoms with Crippen LogP contribution >= 0.6 is 24.0 Å². The lowest BCUT2D eigenvalue weighted by atomic mass is 10.1. The van der Waals surface area contributed by atoms with Crippen molar-refractivity contribution in [3.8, 4) is 5.75 Å². The average molecular weight is 405 g/mol. The number of halogens is 1. The highest BCUT2D eigenvalue weighted by Crippen LogP contribution is 2.12. The molecule has 5 heteroatoms. The topological polar surface area (TPSA) is 45.7 Å². The minimum absolute atomic E-state index is 0. The van der Waals surface area contributed by atoms with Crippen LogP contribution in [0.2, 0.25) is 0 Å². The number of nitrogens with zero attached hydrogens (tertiary/aromatic N) is 1. The van der Waals surface area contributed by atoms with Gasteiger partial charge in [0.1, 0.15) is 5.75 Å². The fraction of sp³-hybridized carbons (Fsp3) is 0.562. The number of rotatable bonds is 7. The van der Waals surface area contributed by atoms with E-state index in [9.17, 15) is 0 Å². The quantitative estimate of drug-likeness (QED) is 0.417. The SMILES string of the molecule is CCNC(=NCC(C)C)NCCc1cccc(OC)c1.I. The molecule has 0 fully saturated rings. The number of hydrogen-bond acceptors (Lipinski definition) is 2. The third-order valence-corrected chi connectivity index (χ3v) is 2.80. The molecule has 0 amide bonds. The summed E-state index contributed by atoms with van der Waals surface area (Å²) < 4.78 is 5.23. The summed E-state index contributed by atoms with van der Waals surface area (Å²) in [5.74, 6) is 2.37. The minimum atomic E-state index is 0. The van der Waals surface area contributed by atoms with Gasteiger partial charge in [-0.15, -0.1) is 24.0 Å². The molecule has 1 rings (SSSR count). The molecular formula is C16H28IN3O. The van der Waals surface area contributed by atoms with Crippen molar-refractivity contribution in [1.82, 2.24) is 10.6 Å². The zero-order chi connectivity index (χ0) is 14.8. The Labute approximate surface area is 145 Å². The second kappa shape index (κ2) is 11.7. The first-order valence-corrected chi connectivity index (χ1v) is 7.30. The van der Waals surface area contributed by atoms with Crippen molar-refractivity contribution >= 4 is 29.9 Å². The van der Waals surface area contributed by atoms with E-state index in [1.165, 1.54) is 5.56 Å². The molecule has 0 heterocycles. The first-order valence-electron chi connectivity index (χ1n) is 7.30. The average Bonchev–Trinajstić information content (AvgIpc) is 2.45. The van der Waals surface area contributed by atoms with E-state index in [0.717, 1.165) is 37.8 Å². The zero-order valence-electron chi connectivity index (χ0n) is 13.5. The molecule has 0 aromatic heterocycles. The molecule has 0 aliphatic carbocycles. The van der Waals surface area contributed by atoms with Crippen LogP contribution in [0.3, 0.4) is 0 Å². The minimum Gasteiger partial charge on any atom is -0.497 e. The van der Waals surface area contributed by atoms with Crippen molar-refractivity contribution in [2.45, 2.75) is 27.2 Å². The van der Waals surface area contributed by atoms with Crippen LogP contribution in [0.5, 0.6) is 5.75 Å². The van der Waals surface area contributed by atoms with E-state index in [2.05, 4.69) is 48.5 Å². The van der Waals surface area contributed by atoms with E-state index in [-0.39, 0.29) is 24.0 Å². The lowest BCUT2D eigenvalue weighted by Gasteiger charge is -2.12. The van der Waals surface area contributed by atoms with Crippen LogP contribution in [0, 0.1) is 5.92 Å². The first kappa shape index (κ1) is 20.0. The molecule has 120 valence electrons. The predicted molar refractivity (Wildman–Crippen MR) is 101 cm³/mol. The van der Waals surface area contributed by atoms with Crippen LogP contribution in [-0.2, 0) is 6.42 Å². The normalized spacial score (nSPS) is 11.0. The van der Waals surface area contributed by atoms with Gasteiger partial charge in [-0.1, -0.05) is 26.0 Å². The summed E-state index contributed by atoms with van der Waals surface area (Å²) in [4.78, 5) is 4.55. The van der Waals surface area contributed by atoms with Gasteiger partial charge in [-0.2, -0.15) is 0 Å². The van der Waals surface area contributed by atoms with Gasteiger partial charge in [-0.25, -0.2) is 0 Å². The molecule has 0 aliphatic rings. The molecular weight excluding hydrogens is 377 g/mol. The van der Waals surface area contributed by atoms with E-state index in [1.807, 2.05) is 12.1 Å². The fourth-order valence-electron chi connectivity index (χ4n) is 1.77. The number of guanidine groups is 1. The fourth-order valence-corrected chi connectivity index (χ4v) is 1.77. The highest BCUT2D eigenvalue weighted by Gasteiger charge is 2.00. The summed E-state index contributed by atoms with van der Waals surface area (Å²) in [7, 11) is 1.69. The lowest BCUT2D eigenvalue weighted by molar-refractivity contribution is 0.414. The number of nitrogens with one attached hydrogen (secondary N) is 2. The van der Waals surface area contributed by atoms with Crippen LogP contribution in [-0.4, -0.2) is 32.7 Å². The Hall–Kier alpha value is -0.980. The highest BCUT2D eigenvalue weighted by molar-refractivity contribution is 14.0. The maximum Gasteiger partial charge on any atom is 0.191 e. The van der Waals surface area contributed by atoms with Crippen LogP contribution < -0.4 is 15.4 Å². The summed E-state index contributed by atoms with van der Waals surface area (Å²) in [6, 6.07) is 8.17. The van der Waals surface area contributed by atoms with E-state index < -0.39 is 0 Å². The van der Waals surface area contributed by atoms with Gasteiger partial charge < -0.3 is 15.4 Å². The van der Waals surface area contributed by atoms with Gasteiger partial charge in [0.25, 0.3) is 0 Å². The molecule has 0 spiro atoms. The number of ether oxygens (including phenoxy) is 1. The third-order valence-electron chi connectivity index (χ3n) is 2.80. The summed E-state index contributed by atoms with van der Waals surface area (Å²) in [6.45, 7) is 9.00. The molecule has 4 nitrogen and oxygen atoms in total. The molecule has 1 aromatic carbocycles. The van der Waals surface area contributed by atoms with Crippen LogP contribution in [0.1, 0.15) is 26.3 Å². The van der Waals surface area contributed by atoms with Gasteiger partial charge >= 0.3 is 0 Å². The highest BCUT2D eigenvalue weighted by atomic mass is 127. The molecule has 0 aliphatic heterocycles. The first-order chi connectivity index (χ1) is 9.65. The largest absolute Gasteiger partial charge is 0.497 e. The van der Waals surface area contributed by atoms with Gasteiger partial charge in [-0.3, -0.25) is 4.99 Å². The molecule has 1 aromatic rings. The molecule has 0 saturated carbocycles. The zero-order valence-corrected chi connectivity index (χ0v) is 15.8. The Morgan fingerprint density at radius 2 is 2.05 bits per heavy atom. The summed E-state index contributed by atoms with van der Waals surface area (Å²) in [6.07, 6.45) is 0.948. The van der Waals surface area contributed by atoms with Crippen molar-refractivity contribution in [2.75, 3.05) is 26.7 Å². The second-order valence-electron chi connectivity index (χ2n) is 5.14. The Morgan fingerprint density at radius 3 is 2.67 bits per heavy atom. The van der Waals surface area contributed by atoms with Crippen molar-refractivity contribution in [3.63, 3.8) is 0 Å². The van der Waals surface area contributed by atoms with Crippen molar-refractivity contribution < 1.29 is 4.74 Å². The smallest absolute Gasteiger partial charge is 0.191 e. The molecule has 0 bridgehead atoms. The van der Waals surface area contributed by atoms with E-state index in [4.69, 9.17) is 4.74 Å². The summed E-state index contributed by atoms with van der Waals surface area (Å²) >= 11 is 0. The van der Waals surface area contributed by atoms with Crippen molar-refractivity contribution in [1.29, 1.82) is 0 Å². The maximum atomic E-state index is 5.23. The molecule has 0 atom stereocenters. The Balaban J connectivity index is 0.00000400. The second-order valence-corrected chi connectivity index (χ2v) is 5.14. The van der Waals surface area contributed by atoms with Crippen LogP contribution in [0.25, 0.3) is 0 Å². The van der Waals surface area contributed by atoms with E-state index in [0.29, 0.717) is 5.92 Å². The Kier molecular flexibility index (Phi) is 11.1. The van der Waals surface area contributed by atoms with Crippen LogP contribution in [0.15, 0.2) is 29.3 Å². The number of hydrogen-bond donors (Lipinski definition) is 2. The Bertz CT molecular complexity index is 422. The monoisotopic (exact) mass is 405 g/mol. The molecule has 2 N–H and O–H groups in total. The van der Waals surface area contributed by atoms with Gasteiger partial charge in [0, 0.05) is 19.6 Å². The third kappa shape index (κ3) is 8.80. The molecule has 0 radical (unpaired) electrons.